The Morgan fingerprint density at radius 2 is 1.72 bits per heavy atom. The van der Waals surface area contributed by atoms with Gasteiger partial charge in [0.05, 0.1) is 20.3 Å². The molecule has 8 heteroatoms. The Morgan fingerprint density at radius 1 is 1.06 bits per heavy atom. The van der Waals surface area contributed by atoms with Gasteiger partial charge in [0.2, 0.25) is 0 Å². The molecular formula is C24H28N4O4. The standard InChI is InChI=1S/C24H28N4O4/c1-3-32-21-10-6-19(7-11-21)23(29)27-14-12-18(13-15-27)22-25-26-24(30)28(22)16-17-4-8-20(31-2)9-5-17/h4-11,18H,3,12-16H2,1-2H3,(H,26,30). The third-order valence-corrected chi connectivity index (χ3v) is 5.85. The number of hydrogen-bond donors (Lipinski definition) is 1. The van der Waals surface area contributed by atoms with Gasteiger partial charge in [0.15, 0.2) is 0 Å². The maximum absolute atomic E-state index is 12.9. The van der Waals surface area contributed by atoms with Crippen molar-refractivity contribution < 1.29 is 14.3 Å². The molecule has 1 aromatic heterocycles. The molecule has 1 saturated heterocycles. The van der Waals surface area contributed by atoms with Crippen LogP contribution >= 0.6 is 0 Å². The Balaban J connectivity index is 1.41. The van der Waals surface area contributed by atoms with E-state index in [0.717, 1.165) is 35.7 Å². The van der Waals surface area contributed by atoms with Crippen LogP contribution in [0, 0.1) is 0 Å². The van der Waals surface area contributed by atoms with Gasteiger partial charge in [0.25, 0.3) is 5.91 Å². The number of nitrogens with zero attached hydrogens (tertiary/aromatic N) is 3. The number of methoxy groups -OCH3 is 1. The number of carbonyl (C=O) groups excluding carboxylic acids is 1. The number of aromatic amines is 1. The fourth-order valence-corrected chi connectivity index (χ4v) is 4.09. The molecular weight excluding hydrogens is 408 g/mol. The van der Waals surface area contributed by atoms with Crippen molar-refractivity contribution in [2.75, 3.05) is 26.8 Å². The lowest BCUT2D eigenvalue weighted by molar-refractivity contribution is 0.0710. The predicted molar refractivity (Wildman–Crippen MR) is 120 cm³/mol. The van der Waals surface area contributed by atoms with Crippen LogP contribution in [0.25, 0.3) is 0 Å². The van der Waals surface area contributed by atoms with Gasteiger partial charge in [-0.1, -0.05) is 12.1 Å². The lowest BCUT2D eigenvalue weighted by atomic mass is 9.95. The quantitative estimate of drug-likeness (QED) is 0.615. The summed E-state index contributed by atoms with van der Waals surface area (Å²) in [6.45, 7) is 4.22. The first-order valence-corrected chi connectivity index (χ1v) is 10.9. The van der Waals surface area contributed by atoms with Gasteiger partial charge in [-0.05, 0) is 61.7 Å². The Morgan fingerprint density at radius 3 is 2.34 bits per heavy atom. The maximum Gasteiger partial charge on any atom is 0.343 e. The molecule has 0 spiro atoms. The summed E-state index contributed by atoms with van der Waals surface area (Å²) >= 11 is 0. The number of hydrogen-bond acceptors (Lipinski definition) is 5. The number of benzene rings is 2. The highest BCUT2D eigenvalue weighted by atomic mass is 16.5. The number of aromatic nitrogens is 3. The number of piperidine rings is 1. The van der Waals surface area contributed by atoms with Crippen LogP contribution in [0.1, 0.15) is 47.4 Å². The van der Waals surface area contributed by atoms with Crippen LogP contribution in [0.15, 0.2) is 53.3 Å². The lowest BCUT2D eigenvalue weighted by Crippen LogP contribution is -2.38. The number of carbonyl (C=O) groups is 1. The summed E-state index contributed by atoms with van der Waals surface area (Å²) in [7, 11) is 1.63. The zero-order valence-electron chi connectivity index (χ0n) is 18.4. The van der Waals surface area contributed by atoms with Crippen molar-refractivity contribution in [3.8, 4) is 11.5 Å². The van der Waals surface area contributed by atoms with Crippen molar-refractivity contribution in [3.05, 3.63) is 76.0 Å². The Labute approximate surface area is 186 Å². The lowest BCUT2D eigenvalue weighted by Gasteiger charge is -2.31. The van der Waals surface area contributed by atoms with Gasteiger partial charge in [0.1, 0.15) is 17.3 Å². The number of ether oxygens (including phenoxy) is 2. The zero-order valence-corrected chi connectivity index (χ0v) is 18.4. The number of amides is 1. The minimum Gasteiger partial charge on any atom is -0.497 e. The van der Waals surface area contributed by atoms with E-state index in [1.165, 1.54) is 0 Å². The van der Waals surface area contributed by atoms with Crippen molar-refractivity contribution >= 4 is 5.91 Å². The van der Waals surface area contributed by atoms with Crippen molar-refractivity contribution in [2.45, 2.75) is 32.2 Å². The molecule has 1 aliphatic rings. The van der Waals surface area contributed by atoms with Gasteiger partial charge < -0.3 is 14.4 Å². The summed E-state index contributed by atoms with van der Waals surface area (Å²) < 4.78 is 12.3. The molecule has 0 unspecified atom stereocenters. The summed E-state index contributed by atoms with van der Waals surface area (Å²) in [6.07, 6.45) is 1.52. The second kappa shape index (κ2) is 9.72. The van der Waals surface area contributed by atoms with E-state index in [0.29, 0.717) is 31.8 Å². The van der Waals surface area contributed by atoms with Gasteiger partial charge in [-0.25, -0.2) is 9.89 Å². The molecule has 1 N–H and O–H groups in total. The summed E-state index contributed by atoms with van der Waals surface area (Å²) in [4.78, 5) is 27.1. The largest absolute Gasteiger partial charge is 0.497 e. The zero-order chi connectivity index (χ0) is 22.5. The van der Waals surface area contributed by atoms with Crippen LogP contribution in [0.4, 0.5) is 0 Å². The smallest absolute Gasteiger partial charge is 0.343 e. The van der Waals surface area contributed by atoms with E-state index in [9.17, 15) is 9.59 Å². The first kappa shape index (κ1) is 21.7. The molecule has 3 aromatic rings. The predicted octanol–water partition coefficient (Wildman–Crippen LogP) is 3.05. The van der Waals surface area contributed by atoms with E-state index < -0.39 is 0 Å². The molecule has 2 aromatic carbocycles. The average Bonchev–Trinajstić information content (AvgIpc) is 3.20. The Kier molecular flexibility index (Phi) is 6.58. The molecule has 1 aliphatic heterocycles. The van der Waals surface area contributed by atoms with Crippen LogP contribution in [0.3, 0.4) is 0 Å². The van der Waals surface area contributed by atoms with E-state index in [-0.39, 0.29) is 17.5 Å². The first-order chi connectivity index (χ1) is 15.6. The molecule has 0 aliphatic carbocycles. The second-order valence-electron chi connectivity index (χ2n) is 7.85. The third-order valence-electron chi connectivity index (χ3n) is 5.85. The van der Waals surface area contributed by atoms with Gasteiger partial charge in [-0.2, -0.15) is 5.10 Å². The van der Waals surface area contributed by atoms with E-state index in [1.54, 1.807) is 23.8 Å². The van der Waals surface area contributed by atoms with Gasteiger partial charge in [0, 0.05) is 24.6 Å². The van der Waals surface area contributed by atoms with Crippen LogP contribution in [0.5, 0.6) is 11.5 Å². The third kappa shape index (κ3) is 4.69. The van der Waals surface area contributed by atoms with Crippen molar-refractivity contribution in [1.29, 1.82) is 0 Å². The fourth-order valence-electron chi connectivity index (χ4n) is 4.09. The number of rotatable bonds is 7. The van der Waals surface area contributed by atoms with Crippen molar-refractivity contribution in [1.82, 2.24) is 19.7 Å². The van der Waals surface area contributed by atoms with E-state index in [1.807, 2.05) is 48.2 Å². The minimum atomic E-state index is -0.219. The molecule has 2 heterocycles. The number of likely N-dealkylation sites (tertiary alicyclic amines) is 1. The normalized spacial score (nSPS) is 14.4. The topological polar surface area (TPSA) is 89.5 Å². The van der Waals surface area contributed by atoms with Gasteiger partial charge in [-0.3, -0.25) is 9.36 Å². The molecule has 32 heavy (non-hydrogen) atoms. The van der Waals surface area contributed by atoms with Crippen molar-refractivity contribution in [3.63, 3.8) is 0 Å². The molecule has 0 atom stereocenters. The average molecular weight is 437 g/mol. The molecule has 0 saturated carbocycles. The van der Waals surface area contributed by atoms with Crippen molar-refractivity contribution in [2.24, 2.45) is 0 Å². The molecule has 1 amide bonds. The summed E-state index contributed by atoms with van der Waals surface area (Å²) in [6, 6.07) is 14.9. The highest BCUT2D eigenvalue weighted by molar-refractivity contribution is 5.94. The number of nitrogens with one attached hydrogen (secondary N) is 1. The second-order valence-corrected chi connectivity index (χ2v) is 7.85. The molecule has 4 rings (SSSR count). The molecule has 168 valence electrons. The fraction of sp³-hybridized carbons (Fsp3) is 0.375. The van der Waals surface area contributed by atoms with Gasteiger partial charge in [-0.15, -0.1) is 0 Å². The highest BCUT2D eigenvalue weighted by Gasteiger charge is 2.28. The van der Waals surface area contributed by atoms with Crippen LogP contribution < -0.4 is 15.2 Å². The van der Waals surface area contributed by atoms with E-state index in [4.69, 9.17) is 9.47 Å². The molecule has 8 nitrogen and oxygen atoms in total. The van der Waals surface area contributed by atoms with E-state index >= 15 is 0 Å². The van der Waals surface area contributed by atoms with Crippen LogP contribution in [-0.4, -0.2) is 52.4 Å². The maximum atomic E-state index is 12.9. The van der Waals surface area contributed by atoms with Crippen LogP contribution in [0.2, 0.25) is 0 Å². The summed E-state index contributed by atoms with van der Waals surface area (Å²) in [5.74, 6) is 2.42. The molecule has 1 fully saturated rings. The SMILES string of the molecule is CCOc1ccc(C(=O)N2CCC(c3n[nH]c(=O)n3Cc3ccc(OC)cc3)CC2)cc1. The molecule has 0 bridgehead atoms. The first-order valence-electron chi connectivity index (χ1n) is 10.9. The Bertz CT molecular complexity index is 1090. The monoisotopic (exact) mass is 436 g/mol. The van der Waals surface area contributed by atoms with Crippen LogP contribution in [-0.2, 0) is 6.54 Å². The summed E-state index contributed by atoms with van der Waals surface area (Å²) in [5.41, 5.74) is 1.44. The highest BCUT2D eigenvalue weighted by Crippen LogP contribution is 2.27. The number of H-pyrrole nitrogens is 1. The Hall–Kier alpha value is -3.55. The summed E-state index contributed by atoms with van der Waals surface area (Å²) in [5, 5.41) is 6.90. The van der Waals surface area contributed by atoms with Gasteiger partial charge >= 0.3 is 5.69 Å². The minimum absolute atomic E-state index is 0.0177. The molecule has 0 radical (unpaired) electrons. The van der Waals surface area contributed by atoms with E-state index in [2.05, 4.69) is 10.2 Å².